The third-order valence-electron chi connectivity index (χ3n) is 4.77. The van der Waals surface area contributed by atoms with Gasteiger partial charge < -0.3 is 4.90 Å². The van der Waals surface area contributed by atoms with Crippen molar-refractivity contribution in [1.29, 1.82) is 0 Å². The Hall–Kier alpha value is -3.02. The van der Waals surface area contributed by atoms with E-state index in [1.807, 2.05) is 40.8 Å². The fourth-order valence-corrected chi connectivity index (χ4v) is 3.45. The van der Waals surface area contributed by atoms with E-state index in [-0.39, 0.29) is 17.8 Å². The number of carbonyl (C=O) groups is 1. The van der Waals surface area contributed by atoms with Crippen LogP contribution in [0.25, 0.3) is 5.82 Å². The van der Waals surface area contributed by atoms with Gasteiger partial charge >= 0.3 is 0 Å². The molecule has 1 aliphatic rings. The molecule has 1 atom stereocenters. The Morgan fingerprint density at radius 1 is 1.19 bits per heavy atom. The Balaban J connectivity index is 1.63. The van der Waals surface area contributed by atoms with Crippen LogP contribution in [0.15, 0.2) is 54.9 Å². The molecule has 4 rings (SSSR count). The third-order valence-corrected chi connectivity index (χ3v) is 4.77. The summed E-state index contributed by atoms with van der Waals surface area (Å²) in [6.07, 6.45) is 5.40. The number of rotatable bonds is 3. The molecule has 1 fully saturated rings. The summed E-state index contributed by atoms with van der Waals surface area (Å²) in [5.41, 5.74) is 1.36. The lowest BCUT2D eigenvalue weighted by Crippen LogP contribution is -2.31. The van der Waals surface area contributed by atoms with Crippen molar-refractivity contribution >= 4 is 5.91 Å². The van der Waals surface area contributed by atoms with Crippen molar-refractivity contribution in [3.8, 4) is 5.82 Å². The molecule has 5 nitrogen and oxygen atoms in total. The van der Waals surface area contributed by atoms with Gasteiger partial charge in [0, 0.05) is 24.5 Å². The number of pyridine rings is 1. The molecule has 1 aliphatic heterocycles. The average molecular weight is 350 g/mol. The Bertz CT molecular complexity index is 935. The van der Waals surface area contributed by atoms with E-state index in [0.29, 0.717) is 12.1 Å². The number of aromatic nitrogens is 3. The molecule has 1 saturated heterocycles. The SMILES string of the molecule is Cc1nccn1-c1cccc([C@@H]2CCCN2C(=O)c2ccc(F)cc2)n1. The normalized spacial score (nSPS) is 16.8. The number of nitrogens with zero attached hydrogens (tertiary/aromatic N) is 4. The van der Waals surface area contributed by atoms with Gasteiger partial charge in [0.1, 0.15) is 17.5 Å². The predicted molar refractivity (Wildman–Crippen MR) is 95.5 cm³/mol. The quantitative estimate of drug-likeness (QED) is 0.724. The predicted octanol–water partition coefficient (Wildman–Crippen LogP) is 3.69. The smallest absolute Gasteiger partial charge is 0.254 e. The molecule has 0 radical (unpaired) electrons. The van der Waals surface area contributed by atoms with E-state index in [0.717, 1.165) is 30.2 Å². The minimum atomic E-state index is -0.343. The maximum Gasteiger partial charge on any atom is 0.254 e. The highest BCUT2D eigenvalue weighted by atomic mass is 19.1. The minimum absolute atomic E-state index is 0.0728. The molecular formula is C20H19FN4O. The van der Waals surface area contributed by atoms with Crippen molar-refractivity contribution in [2.45, 2.75) is 25.8 Å². The maximum atomic E-state index is 13.1. The monoisotopic (exact) mass is 350 g/mol. The summed E-state index contributed by atoms with van der Waals surface area (Å²) in [6.45, 7) is 2.60. The molecule has 1 aromatic carbocycles. The molecule has 132 valence electrons. The van der Waals surface area contributed by atoms with E-state index in [1.165, 1.54) is 24.3 Å². The zero-order valence-electron chi connectivity index (χ0n) is 14.5. The van der Waals surface area contributed by atoms with Gasteiger partial charge in [-0.2, -0.15) is 0 Å². The van der Waals surface area contributed by atoms with E-state index in [1.54, 1.807) is 6.20 Å². The van der Waals surface area contributed by atoms with Crippen LogP contribution in [0.1, 0.15) is 40.8 Å². The van der Waals surface area contributed by atoms with Crippen molar-refractivity contribution in [2.75, 3.05) is 6.54 Å². The van der Waals surface area contributed by atoms with Crippen molar-refractivity contribution in [3.05, 3.63) is 77.8 Å². The van der Waals surface area contributed by atoms with Crippen LogP contribution in [-0.2, 0) is 0 Å². The van der Waals surface area contributed by atoms with Crippen LogP contribution in [0, 0.1) is 12.7 Å². The van der Waals surface area contributed by atoms with E-state index in [2.05, 4.69) is 4.98 Å². The second-order valence-corrected chi connectivity index (χ2v) is 6.43. The number of carbonyl (C=O) groups excluding carboxylic acids is 1. The number of aryl methyl sites for hydroxylation is 1. The fraction of sp³-hybridized carbons (Fsp3) is 0.250. The van der Waals surface area contributed by atoms with Crippen molar-refractivity contribution in [3.63, 3.8) is 0 Å². The molecule has 3 aromatic rings. The number of amides is 1. The highest BCUT2D eigenvalue weighted by Crippen LogP contribution is 2.32. The van der Waals surface area contributed by atoms with Crippen LogP contribution in [0.4, 0.5) is 4.39 Å². The number of benzene rings is 1. The number of halogens is 1. The fourth-order valence-electron chi connectivity index (χ4n) is 3.45. The minimum Gasteiger partial charge on any atom is -0.330 e. The number of likely N-dealkylation sites (tertiary alicyclic amines) is 1. The van der Waals surface area contributed by atoms with Gasteiger partial charge in [-0.25, -0.2) is 14.4 Å². The third kappa shape index (κ3) is 2.98. The molecular weight excluding hydrogens is 331 g/mol. The Kier molecular flexibility index (Phi) is 4.24. The van der Waals surface area contributed by atoms with Crippen LogP contribution in [0.5, 0.6) is 0 Å². The van der Waals surface area contributed by atoms with Gasteiger partial charge in [0.15, 0.2) is 0 Å². The van der Waals surface area contributed by atoms with Gasteiger partial charge in [-0.05, 0) is 56.2 Å². The second-order valence-electron chi connectivity index (χ2n) is 6.43. The molecule has 0 unspecified atom stereocenters. The lowest BCUT2D eigenvalue weighted by molar-refractivity contribution is 0.0733. The summed E-state index contributed by atoms with van der Waals surface area (Å²) >= 11 is 0. The van der Waals surface area contributed by atoms with Crippen molar-refractivity contribution in [2.24, 2.45) is 0 Å². The first kappa shape index (κ1) is 16.4. The molecule has 0 aliphatic carbocycles. The molecule has 6 heteroatoms. The molecule has 2 aromatic heterocycles. The first-order valence-electron chi connectivity index (χ1n) is 8.67. The molecule has 0 saturated carbocycles. The van der Waals surface area contributed by atoms with Gasteiger partial charge in [0.25, 0.3) is 5.91 Å². The van der Waals surface area contributed by atoms with Crippen LogP contribution in [0.2, 0.25) is 0 Å². The highest BCUT2D eigenvalue weighted by molar-refractivity contribution is 5.94. The van der Waals surface area contributed by atoms with E-state index in [9.17, 15) is 9.18 Å². The summed E-state index contributed by atoms with van der Waals surface area (Å²) in [4.78, 5) is 23.7. The molecule has 0 N–H and O–H groups in total. The van der Waals surface area contributed by atoms with E-state index in [4.69, 9.17) is 4.98 Å². The summed E-state index contributed by atoms with van der Waals surface area (Å²) in [6, 6.07) is 11.5. The summed E-state index contributed by atoms with van der Waals surface area (Å²) in [7, 11) is 0. The van der Waals surface area contributed by atoms with E-state index >= 15 is 0 Å². The Labute approximate surface area is 151 Å². The van der Waals surface area contributed by atoms with Gasteiger partial charge in [-0.15, -0.1) is 0 Å². The Morgan fingerprint density at radius 2 is 2.00 bits per heavy atom. The lowest BCUT2D eigenvalue weighted by atomic mass is 10.1. The molecule has 0 bridgehead atoms. The standard InChI is InChI=1S/C20H19FN4O/c1-14-22-11-13-24(14)19-6-2-4-17(23-19)18-5-3-12-25(18)20(26)15-7-9-16(21)10-8-15/h2,4,6-11,13,18H,3,5,12H2,1H3/t18-/m0/s1. The van der Waals surface area contributed by atoms with Gasteiger partial charge in [0.2, 0.25) is 0 Å². The summed E-state index contributed by atoms with van der Waals surface area (Å²) < 4.78 is 15.1. The maximum absolute atomic E-state index is 13.1. The first-order chi connectivity index (χ1) is 12.6. The number of hydrogen-bond donors (Lipinski definition) is 0. The highest BCUT2D eigenvalue weighted by Gasteiger charge is 2.31. The number of hydrogen-bond acceptors (Lipinski definition) is 3. The summed E-state index contributed by atoms with van der Waals surface area (Å²) in [5, 5.41) is 0. The summed E-state index contributed by atoms with van der Waals surface area (Å²) in [5.74, 6) is 1.22. The number of imidazole rings is 1. The molecule has 1 amide bonds. The van der Waals surface area contributed by atoms with Gasteiger partial charge in [0.05, 0.1) is 11.7 Å². The largest absolute Gasteiger partial charge is 0.330 e. The molecule has 0 spiro atoms. The second kappa shape index (κ2) is 6.71. The molecule has 26 heavy (non-hydrogen) atoms. The topological polar surface area (TPSA) is 51.0 Å². The van der Waals surface area contributed by atoms with Crippen LogP contribution < -0.4 is 0 Å². The zero-order chi connectivity index (χ0) is 18.1. The van der Waals surface area contributed by atoms with Crippen LogP contribution in [-0.4, -0.2) is 31.9 Å². The van der Waals surface area contributed by atoms with Crippen LogP contribution in [0.3, 0.4) is 0 Å². The van der Waals surface area contributed by atoms with Crippen molar-refractivity contribution in [1.82, 2.24) is 19.4 Å². The Morgan fingerprint density at radius 3 is 2.73 bits per heavy atom. The van der Waals surface area contributed by atoms with Gasteiger partial charge in [-0.3, -0.25) is 9.36 Å². The van der Waals surface area contributed by atoms with Crippen molar-refractivity contribution < 1.29 is 9.18 Å². The average Bonchev–Trinajstić information content (AvgIpc) is 3.31. The molecule has 3 heterocycles. The first-order valence-corrected chi connectivity index (χ1v) is 8.67. The zero-order valence-corrected chi connectivity index (χ0v) is 14.5. The van der Waals surface area contributed by atoms with E-state index < -0.39 is 0 Å². The lowest BCUT2D eigenvalue weighted by Gasteiger charge is -2.25. The van der Waals surface area contributed by atoms with Crippen LogP contribution >= 0.6 is 0 Å². The van der Waals surface area contributed by atoms with Gasteiger partial charge in [-0.1, -0.05) is 6.07 Å².